The number of nitrogens with one attached hydrogen (secondary N) is 1. The van der Waals surface area contributed by atoms with Crippen molar-refractivity contribution in [2.75, 3.05) is 13.2 Å². The predicted molar refractivity (Wildman–Crippen MR) is 58.3 cm³/mol. The molecule has 1 saturated carbocycles. The summed E-state index contributed by atoms with van der Waals surface area (Å²) in [5.74, 6) is 1.78. The maximum absolute atomic E-state index is 5.39. The highest BCUT2D eigenvalue weighted by atomic mass is 16.5. The smallest absolute Gasteiger partial charge is 0.0620 e. The van der Waals surface area contributed by atoms with Crippen LogP contribution >= 0.6 is 0 Å². The molecule has 2 aliphatic rings. The first kappa shape index (κ1) is 10.4. The van der Waals surface area contributed by atoms with Gasteiger partial charge in [-0.25, -0.2) is 0 Å². The minimum absolute atomic E-state index is 0.635. The van der Waals surface area contributed by atoms with Gasteiger partial charge in [-0.1, -0.05) is 13.8 Å². The number of hydrogen-bond acceptors (Lipinski definition) is 2. The third-order valence-electron chi connectivity index (χ3n) is 3.81. The molecule has 1 N–H and O–H groups in total. The molecule has 2 fully saturated rings. The van der Waals surface area contributed by atoms with E-state index in [0.29, 0.717) is 6.04 Å². The molecule has 0 aromatic rings. The van der Waals surface area contributed by atoms with Gasteiger partial charge < -0.3 is 10.1 Å². The van der Waals surface area contributed by atoms with Gasteiger partial charge in [0.15, 0.2) is 0 Å². The second-order valence-electron chi connectivity index (χ2n) is 5.23. The van der Waals surface area contributed by atoms with Gasteiger partial charge in [0.05, 0.1) is 6.61 Å². The van der Waals surface area contributed by atoms with E-state index in [9.17, 15) is 0 Å². The van der Waals surface area contributed by atoms with E-state index in [4.69, 9.17) is 4.74 Å². The summed E-state index contributed by atoms with van der Waals surface area (Å²) in [5, 5.41) is 3.76. The lowest BCUT2D eigenvalue weighted by Crippen LogP contribution is -2.44. The van der Waals surface area contributed by atoms with E-state index in [-0.39, 0.29) is 0 Å². The zero-order valence-electron chi connectivity index (χ0n) is 9.46. The molecule has 2 rings (SSSR count). The molecule has 2 nitrogen and oxygen atoms in total. The van der Waals surface area contributed by atoms with Crippen molar-refractivity contribution in [3.05, 3.63) is 0 Å². The first-order chi connectivity index (χ1) is 6.75. The maximum atomic E-state index is 5.39. The van der Waals surface area contributed by atoms with E-state index >= 15 is 0 Å². The Bertz CT molecular complexity index is 177. The van der Waals surface area contributed by atoms with Crippen molar-refractivity contribution in [2.24, 2.45) is 11.8 Å². The highest BCUT2D eigenvalue weighted by Crippen LogP contribution is 2.29. The summed E-state index contributed by atoms with van der Waals surface area (Å²) in [6, 6.07) is 1.38. The van der Waals surface area contributed by atoms with Gasteiger partial charge >= 0.3 is 0 Å². The summed E-state index contributed by atoms with van der Waals surface area (Å²) < 4.78 is 5.39. The Hall–Kier alpha value is -0.0800. The number of ether oxygens (including phenoxy) is 1. The Labute approximate surface area is 87.4 Å². The molecule has 4 unspecified atom stereocenters. The summed E-state index contributed by atoms with van der Waals surface area (Å²) in [6.45, 7) is 6.66. The van der Waals surface area contributed by atoms with Crippen LogP contribution in [0.2, 0.25) is 0 Å². The minimum atomic E-state index is 0.635. The standard InChI is InChI=1S/C12H23NO/c1-9-3-4-12(10(2)7-9)13-11-5-6-14-8-11/h9-13H,3-8H2,1-2H3. The van der Waals surface area contributed by atoms with Crippen LogP contribution in [-0.2, 0) is 4.74 Å². The van der Waals surface area contributed by atoms with E-state index in [1.807, 2.05) is 0 Å². The van der Waals surface area contributed by atoms with Gasteiger partial charge in [-0.3, -0.25) is 0 Å². The molecule has 82 valence electrons. The molecule has 0 amide bonds. The molecule has 0 radical (unpaired) electrons. The van der Waals surface area contributed by atoms with Gasteiger partial charge in [-0.15, -0.1) is 0 Å². The summed E-state index contributed by atoms with van der Waals surface area (Å²) in [6.07, 6.45) is 5.36. The minimum Gasteiger partial charge on any atom is -0.380 e. The lowest BCUT2D eigenvalue weighted by Gasteiger charge is -2.34. The molecule has 0 aromatic heterocycles. The van der Waals surface area contributed by atoms with Crippen molar-refractivity contribution >= 4 is 0 Å². The fourth-order valence-corrected chi connectivity index (χ4v) is 2.88. The Kier molecular flexibility index (Phi) is 3.45. The lowest BCUT2D eigenvalue weighted by atomic mass is 9.79. The molecular weight excluding hydrogens is 174 g/mol. The normalized spacial score (nSPS) is 44.1. The third-order valence-corrected chi connectivity index (χ3v) is 3.81. The monoisotopic (exact) mass is 197 g/mol. The molecule has 1 aliphatic carbocycles. The van der Waals surface area contributed by atoms with Gasteiger partial charge in [0.25, 0.3) is 0 Å². The van der Waals surface area contributed by atoms with Crippen molar-refractivity contribution in [1.29, 1.82) is 0 Å². The second kappa shape index (κ2) is 4.63. The molecule has 0 spiro atoms. The van der Waals surface area contributed by atoms with Crippen molar-refractivity contribution in [3.63, 3.8) is 0 Å². The third kappa shape index (κ3) is 2.48. The Morgan fingerprint density at radius 3 is 2.64 bits per heavy atom. The molecule has 0 bridgehead atoms. The highest BCUT2D eigenvalue weighted by Gasteiger charge is 2.28. The quantitative estimate of drug-likeness (QED) is 0.732. The first-order valence-electron chi connectivity index (χ1n) is 6.09. The number of rotatable bonds is 2. The van der Waals surface area contributed by atoms with Crippen molar-refractivity contribution in [1.82, 2.24) is 5.32 Å². The maximum Gasteiger partial charge on any atom is 0.0620 e. The SMILES string of the molecule is CC1CCC(NC2CCOC2)C(C)C1. The summed E-state index contributed by atoms with van der Waals surface area (Å²) >= 11 is 0. The molecule has 2 heteroatoms. The van der Waals surface area contributed by atoms with Crippen molar-refractivity contribution < 1.29 is 4.74 Å². The van der Waals surface area contributed by atoms with Crippen LogP contribution in [0.15, 0.2) is 0 Å². The van der Waals surface area contributed by atoms with Crippen LogP contribution in [0.5, 0.6) is 0 Å². The number of hydrogen-bond donors (Lipinski definition) is 1. The molecule has 1 aliphatic heterocycles. The fraction of sp³-hybridized carbons (Fsp3) is 1.00. The largest absolute Gasteiger partial charge is 0.380 e. The van der Waals surface area contributed by atoms with E-state index in [1.165, 1.54) is 25.7 Å². The zero-order valence-corrected chi connectivity index (χ0v) is 9.46. The molecule has 0 aromatic carbocycles. The second-order valence-corrected chi connectivity index (χ2v) is 5.23. The van der Waals surface area contributed by atoms with Crippen molar-refractivity contribution in [3.8, 4) is 0 Å². The fourth-order valence-electron chi connectivity index (χ4n) is 2.88. The summed E-state index contributed by atoms with van der Waals surface area (Å²) in [4.78, 5) is 0. The van der Waals surface area contributed by atoms with Crippen LogP contribution in [-0.4, -0.2) is 25.3 Å². The molecule has 4 atom stereocenters. The summed E-state index contributed by atoms with van der Waals surface area (Å²) in [5.41, 5.74) is 0. The van der Waals surface area contributed by atoms with E-state index < -0.39 is 0 Å². The Balaban J connectivity index is 1.79. The topological polar surface area (TPSA) is 21.3 Å². The average Bonchev–Trinajstić information content (AvgIpc) is 2.62. The van der Waals surface area contributed by atoms with E-state index in [1.54, 1.807) is 0 Å². The van der Waals surface area contributed by atoms with Crippen LogP contribution in [0, 0.1) is 11.8 Å². The van der Waals surface area contributed by atoms with Gasteiger partial charge in [0, 0.05) is 18.7 Å². The Morgan fingerprint density at radius 2 is 2.00 bits per heavy atom. The molecule has 1 heterocycles. The van der Waals surface area contributed by atoms with Crippen LogP contribution < -0.4 is 5.32 Å². The van der Waals surface area contributed by atoms with Crippen LogP contribution in [0.25, 0.3) is 0 Å². The summed E-state index contributed by atoms with van der Waals surface area (Å²) in [7, 11) is 0. The predicted octanol–water partition coefficient (Wildman–Crippen LogP) is 2.19. The highest BCUT2D eigenvalue weighted by molar-refractivity contribution is 4.85. The molecular formula is C12H23NO. The zero-order chi connectivity index (χ0) is 9.97. The first-order valence-corrected chi connectivity index (χ1v) is 6.09. The van der Waals surface area contributed by atoms with Gasteiger partial charge in [-0.05, 0) is 37.5 Å². The van der Waals surface area contributed by atoms with Gasteiger partial charge in [-0.2, -0.15) is 0 Å². The molecule has 1 saturated heterocycles. The molecule has 14 heavy (non-hydrogen) atoms. The van der Waals surface area contributed by atoms with Gasteiger partial charge in [0.2, 0.25) is 0 Å². The van der Waals surface area contributed by atoms with Gasteiger partial charge in [0.1, 0.15) is 0 Å². The van der Waals surface area contributed by atoms with Crippen LogP contribution in [0.1, 0.15) is 39.5 Å². The van der Waals surface area contributed by atoms with Crippen LogP contribution in [0.4, 0.5) is 0 Å². The van der Waals surface area contributed by atoms with Crippen LogP contribution in [0.3, 0.4) is 0 Å². The van der Waals surface area contributed by atoms with E-state index in [2.05, 4.69) is 19.2 Å². The average molecular weight is 197 g/mol. The van der Waals surface area contributed by atoms with Crippen molar-refractivity contribution in [2.45, 2.75) is 51.6 Å². The Morgan fingerprint density at radius 1 is 1.14 bits per heavy atom. The van der Waals surface area contributed by atoms with E-state index in [0.717, 1.165) is 31.1 Å². The lowest BCUT2D eigenvalue weighted by molar-refractivity contribution is 0.173.